The topological polar surface area (TPSA) is 21.7 Å². The quantitative estimate of drug-likeness (QED) is 0.838. The maximum atomic E-state index is 13.5. The molecule has 3 rings (SSSR count). The Bertz CT molecular complexity index is 471. The van der Waals surface area contributed by atoms with Crippen molar-refractivity contribution in [1.82, 2.24) is 4.90 Å². The lowest BCUT2D eigenvalue weighted by atomic mass is 9.92. The molecule has 2 saturated heterocycles. The number of hydrogen-bond acceptors (Lipinski definition) is 3. The van der Waals surface area contributed by atoms with Gasteiger partial charge in [0.15, 0.2) is 0 Å². The molecule has 2 aliphatic rings. The molecule has 20 heavy (non-hydrogen) atoms. The summed E-state index contributed by atoms with van der Waals surface area (Å²) >= 11 is 5.72. The summed E-state index contributed by atoms with van der Waals surface area (Å²) < 4.78 is 24.9. The predicted molar refractivity (Wildman–Crippen MR) is 75.4 cm³/mol. The van der Waals surface area contributed by atoms with Gasteiger partial charge in [0.25, 0.3) is 0 Å². The molecule has 0 unspecified atom stereocenters. The standard InChI is InChI=1S/C15H19ClFNO2/c16-13-2-1-12(9-14(13)17)10-18-5-8-20-15(11-18)3-6-19-7-4-15/h1-2,9H,3-8,10-11H2. The molecule has 110 valence electrons. The molecule has 0 amide bonds. The normalized spacial score (nSPS) is 23.1. The van der Waals surface area contributed by atoms with Gasteiger partial charge in [0, 0.05) is 45.7 Å². The lowest BCUT2D eigenvalue weighted by molar-refractivity contribution is -0.155. The Labute approximate surface area is 123 Å². The second kappa shape index (κ2) is 5.98. The maximum absolute atomic E-state index is 13.5. The van der Waals surface area contributed by atoms with Crippen LogP contribution in [-0.2, 0) is 16.0 Å². The summed E-state index contributed by atoms with van der Waals surface area (Å²) in [5.41, 5.74) is 0.887. The highest BCUT2D eigenvalue weighted by atomic mass is 35.5. The van der Waals surface area contributed by atoms with Crippen molar-refractivity contribution in [1.29, 1.82) is 0 Å². The van der Waals surface area contributed by atoms with Gasteiger partial charge in [-0.2, -0.15) is 0 Å². The van der Waals surface area contributed by atoms with Gasteiger partial charge in [0.2, 0.25) is 0 Å². The molecular weight excluding hydrogens is 281 g/mol. The first-order chi connectivity index (χ1) is 9.67. The number of halogens is 2. The van der Waals surface area contributed by atoms with Crippen molar-refractivity contribution in [2.75, 3.05) is 32.9 Å². The Kier molecular flexibility index (Phi) is 4.26. The first kappa shape index (κ1) is 14.3. The Hall–Kier alpha value is -0.680. The van der Waals surface area contributed by atoms with E-state index in [4.69, 9.17) is 21.1 Å². The number of benzene rings is 1. The van der Waals surface area contributed by atoms with Crippen LogP contribution in [0.15, 0.2) is 18.2 Å². The average molecular weight is 300 g/mol. The molecule has 2 fully saturated rings. The predicted octanol–water partition coefficient (Wildman–Crippen LogP) is 2.86. The van der Waals surface area contributed by atoms with Gasteiger partial charge in [-0.3, -0.25) is 4.90 Å². The highest BCUT2D eigenvalue weighted by Crippen LogP contribution is 2.29. The fourth-order valence-corrected chi connectivity index (χ4v) is 3.12. The van der Waals surface area contributed by atoms with Gasteiger partial charge in [-0.05, 0) is 17.7 Å². The number of nitrogens with zero attached hydrogens (tertiary/aromatic N) is 1. The van der Waals surface area contributed by atoms with Gasteiger partial charge in [-0.25, -0.2) is 4.39 Å². The van der Waals surface area contributed by atoms with Crippen molar-refractivity contribution in [2.24, 2.45) is 0 Å². The molecule has 2 heterocycles. The van der Waals surface area contributed by atoms with E-state index >= 15 is 0 Å². The van der Waals surface area contributed by atoms with Crippen LogP contribution < -0.4 is 0 Å². The van der Waals surface area contributed by atoms with Crippen molar-refractivity contribution < 1.29 is 13.9 Å². The molecule has 3 nitrogen and oxygen atoms in total. The van der Waals surface area contributed by atoms with Crippen LogP contribution in [0.2, 0.25) is 5.02 Å². The van der Waals surface area contributed by atoms with Crippen LogP contribution in [0, 0.1) is 5.82 Å². The number of rotatable bonds is 2. The summed E-state index contributed by atoms with van der Waals surface area (Å²) in [4.78, 5) is 2.33. The van der Waals surface area contributed by atoms with E-state index < -0.39 is 0 Å². The lowest BCUT2D eigenvalue weighted by Crippen LogP contribution is -2.54. The molecule has 0 atom stereocenters. The molecule has 0 radical (unpaired) electrons. The first-order valence-electron chi connectivity index (χ1n) is 7.05. The van der Waals surface area contributed by atoms with Crippen LogP contribution in [0.5, 0.6) is 0 Å². The van der Waals surface area contributed by atoms with E-state index in [9.17, 15) is 4.39 Å². The van der Waals surface area contributed by atoms with Crippen molar-refractivity contribution in [2.45, 2.75) is 25.0 Å². The van der Waals surface area contributed by atoms with Crippen LogP contribution in [0.4, 0.5) is 4.39 Å². The van der Waals surface area contributed by atoms with E-state index in [0.29, 0.717) is 0 Å². The molecule has 0 aliphatic carbocycles. The second-order valence-corrected chi connectivity index (χ2v) is 6.01. The van der Waals surface area contributed by atoms with E-state index in [1.807, 2.05) is 6.07 Å². The summed E-state index contributed by atoms with van der Waals surface area (Å²) in [5.74, 6) is -0.349. The van der Waals surface area contributed by atoms with Crippen LogP contribution in [0.1, 0.15) is 18.4 Å². The van der Waals surface area contributed by atoms with Gasteiger partial charge in [0.05, 0.1) is 17.2 Å². The molecule has 1 aromatic rings. The van der Waals surface area contributed by atoms with Gasteiger partial charge in [-0.15, -0.1) is 0 Å². The molecule has 1 aromatic carbocycles. The number of ether oxygens (including phenoxy) is 2. The number of hydrogen-bond donors (Lipinski definition) is 0. The third-order valence-corrected chi connectivity index (χ3v) is 4.43. The highest BCUT2D eigenvalue weighted by Gasteiger charge is 2.38. The van der Waals surface area contributed by atoms with Crippen LogP contribution in [-0.4, -0.2) is 43.4 Å². The summed E-state index contributed by atoms with van der Waals surface area (Å²) in [5, 5.41) is 0.177. The minimum Gasteiger partial charge on any atom is -0.381 e. The Balaban J connectivity index is 1.66. The van der Waals surface area contributed by atoms with Gasteiger partial charge < -0.3 is 9.47 Å². The third-order valence-electron chi connectivity index (χ3n) is 4.12. The molecule has 1 spiro atoms. The van der Waals surface area contributed by atoms with Crippen molar-refractivity contribution in [3.8, 4) is 0 Å². The van der Waals surface area contributed by atoms with E-state index in [2.05, 4.69) is 4.90 Å². The van der Waals surface area contributed by atoms with Crippen LogP contribution in [0.25, 0.3) is 0 Å². The fourth-order valence-electron chi connectivity index (χ4n) is 3.00. The van der Waals surface area contributed by atoms with Gasteiger partial charge in [-0.1, -0.05) is 17.7 Å². The van der Waals surface area contributed by atoms with E-state index in [0.717, 1.165) is 57.9 Å². The second-order valence-electron chi connectivity index (χ2n) is 5.60. The van der Waals surface area contributed by atoms with Gasteiger partial charge >= 0.3 is 0 Å². The van der Waals surface area contributed by atoms with E-state index in [1.54, 1.807) is 6.07 Å². The lowest BCUT2D eigenvalue weighted by Gasteiger charge is -2.44. The molecule has 5 heteroatoms. The zero-order chi connectivity index (χ0) is 14.0. The summed E-state index contributed by atoms with van der Waals surface area (Å²) in [6.07, 6.45) is 1.89. The molecule has 0 aromatic heterocycles. The molecule has 2 aliphatic heterocycles. The Morgan fingerprint density at radius 1 is 1.25 bits per heavy atom. The Morgan fingerprint density at radius 2 is 2.05 bits per heavy atom. The third kappa shape index (κ3) is 3.14. The van der Waals surface area contributed by atoms with Crippen LogP contribution >= 0.6 is 11.6 Å². The van der Waals surface area contributed by atoms with Crippen molar-refractivity contribution in [3.05, 3.63) is 34.6 Å². The smallest absolute Gasteiger partial charge is 0.142 e. The van der Waals surface area contributed by atoms with E-state index in [-0.39, 0.29) is 16.4 Å². The zero-order valence-corrected chi connectivity index (χ0v) is 12.2. The fraction of sp³-hybridized carbons (Fsp3) is 0.600. The number of morpholine rings is 1. The average Bonchev–Trinajstić information content (AvgIpc) is 2.44. The summed E-state index contributed by atoms with van der Waals surface area (Å²) in [6, 6.07) is 5.03. The van der Waals surface area contributed by atoms with Crippen LogP contribution in [0.3, 0.4) is 0 Å². The maximum Gasteiger partial charge on any atom is 0.142 e. The summed E-state index contributed by atoms with van der Waals surface area (Å²) in [7, 11) is 0. The monoisotopic (exact) mass is 299 g/mol. The van der Waals surface area contributed by atoms with Gasteiger partial charge in [0.1, 0.15) is 5.82 Å². The molecule has 0 saturated carbocycles. The largest absolute Gasteiger partial charge is 0.381 e. The highest BCUT2D eigenvalue weighted by molar-refractivity contribution is 6.30. The molecule has 0 bridgehead atoms. The Morgan fingerprint density at radius 3 is 2.80 bits per heavy atom. The molecule has 0 N–H and O–H groups in total. The van der Waals surface area contributed by atoms with Crippen molar-refractivity contribution >= 4 is 11.6 Å². The van der Waals surface area contributed by atoms with E-state index in [1.165, 1.54) is 6.07 Å². The first-order valence-corrected chi connectivity index (χ1v) is 7.43. The summed E-state index contributed by atoms with van der Waals surface area (Å²) in [6.45, 7) is 4.77. The minimum atomic E-state index is -0.349. The molecular formula is C15H19ClFNO2. The zero-order valence-electron chi connectivity index (χ0n) is 11.4. The SMILES string of the molecule is Fc1cc(CN2CCOC3(CCOCC3)C2)ccc1Cl. The van der Waals surface area contributed by atoms with Crippen molar-refractivity contribution in [3.63, 3.8) is 0 Å². The minimum absolute atomic E-state index is 0.0680.